The van der Waals surface area contributed by atoms with Crippen molar-refractivity contribution in [1.29, 1.82) is 0 Å². The molecule has 1 aromatic rings. The fourth-order valence-corrected chi connectivity index (χ4v) is 1.53. The molecule has 1 rings (SSSR count). The van der Waals surface area contributed by atoms with Gasteiger partial charge < -0.3 is 10.8 Å². The Morgan fingerprint density at radius 3 is 2.67 bits per heavy atom. The molecule has 0 radical (unpaired) electrons. The second kappa shape index (κ2) is 5.19. The molecule has 0 saturated heterocycles. The zero-order valence-corrected chi connectivity index (χ0v) is 9.75. The molecule has 0 aromatic heterocycles. The van der Waals surface area contributed by atoms with Crippen LogP contribution in [0.15, 0.2) is 18.2 Å². The molecule has 0 fully saturated rings. The first-order chi connectivity index (χ1) is 7.06. The molecule has 2 nitrogen and oxygen atoms in total. The Balaban J connectivity index is 3.19. The molecule has 0 saturated carbocycles. The third-order valence-corrected chi connectivity index (χ3v) is 2.50. The highest BCUT2D eigenvalue weighted by molar-refractivity contribution is 6.32. The zero-order chi connectivity index (χ0) is 11.4. The van der Waals surface area contributed by atoms with Gasteiger partial charge in [-0.2, -0.15) is 0 Å². The summed E-state index contributed by atoms with van der Waals surface area (Å²) < 4.78 is 0. The van der Waals surface area contributed by atoms with E-state index >= 15 is 0 Å². The van der Waals surface area contributed by atoms with E-state index in [9.17, 15) is 5.11 Å². The first-order valence-corrected chi connectivity index (χ1v) is 5.33. The van der Waals surface area contributed by atoms with Crippen LogP contribution in [0.1, 0.15) is 30.9 Å². The molecular weight excluding hydrogens is 210 g/mol. The standard InChI is InChI=1S/C12H16ClNO/c1-8(2)10-6-9(4-3-5-14)12(15)11(13)7-10/h3-4,6-8,15H,5,14H2,1-2H3/b4-3+. The van der Waals surface area contributed by atoms with Crippen molar-refractivity contribution in [3.05, 3.63) is 34.4 Å². The SMILES string of the molecule is CC(C)c1cc(Cl)c(O)c(/C=C/CN)c1. The lowest BCUT2D eigenvalue weighted by Crippen LogP contribution is -1.93. The first kappa shape index (κ1) is 12.1. The molecule has 3 N–H and O–H groups in total. The van der Waals surface area contributed by atoms with E-state index in [-0.39, 0.29) is 5.75 Å². The first-order valence-electron chi connectivity index (χ1n) is 4.95. The predicted molar refractivity (Wildman–Crippen MR) is 65.3 cm³/mol. The number of hydrogen-bond donors (Lipinski definition) is 2. The maximum absolute atomic E-state index is 9.71. The maximum atomic E-state index is 9.71. The summed E-state index contributed by atoms with van der Waals surface area (Å²) >= 11 is 5.93. The van der Waals surface area contributed by atoms with Crippen LogP contribution in [0.4, 0.5) is 0 Å². The number of benzene rings is 1. The molecule has 15 heavy (non-hydrogen) atoms. The number of phenols is 1. The summed E-state index contributed by atoms with van der Waals surface area (Å²) in [5, 5.41) is 10.1. The van der Waals surface area contributed by atoms with Gasteiger partial charge in [0.1, 0.15) is 5.75 Å². The molecule has 0 atom stereocenters. The third-order valence-electron chi connectivity index (χ3n) is 2.22. The van der Waals surface area contributed by atoms with Gasteiger partial charge in [0.05, 0.1) is 5.02 Å². The fraction of sp³-hybridized carbons (Fsp3) is 0.333. The van der Waals surface area contributed by atoms with Crippen LogP contribution < -0.4 is 5.73 Å². The Hall–Kier alpha value is -0.990. The second-order valence-corrected chi connectivity index (χ2v) is 4.14. The van der Waals surface area contributed by atoms with Gasteiger partial charge in [-0.05, 0) is 23.6 Å². The van der Waals surface area contributed by atoms with Gasteiger partial charge in [-0.3, -0.25) is 0 Å². The Kier molecular flexibility index (Phi) is 4.18. The summed E-state index contributed by atoms with van der Waals surface area (Å²) in [6, 6.07) is 3.72. The van der Waals surface area contributed by atoms with Crippen molar-refractivity contribution in [2.45, 2.75) is 19.8 Å². The van der Waals surface area contributed by atoms with E-state index in [0.717, 1.165) is 11.1 Å². The average molecular weight is 226 g/mol. The molecule has 0 aliphatic heterocycles. The molecule has 0 aliphatic carbocycles. The van der Waals surface area contributed by atoms with Crippen molar-refractivity contribution >= 4 is 17.7 Å². The summed E-state index contributed by atoms with van der Waals surface area (Å²) in [7, 11) is 0. The molecule has 0 bridgehead atoms. The van der Waals surface area contributed by atoms with Crippen LogP contribution >= 0.6 is 11.6 Å². The zero-order valence-electron chi connectivity index (χ0n) is 9.00. The van der Waals surface area contributed by atoms with Crippen LogP contribution in [0, 0.1) is 0 Å². The van der Waals surface area contributed by atoms with Crippen molar-refractivity contribution in [3.63, 3.8) is 0 Å². The number of aromatic hydroxyl groups is 1. The van der Waals surface area contributed by atoms with Gasteiger partial charge in [0.2, 0.25) is 0 Å². The van der Waals surface area contributed by atoms with Gasteiger partial charge in [-0.25, -0.2) is 0 Å². The van der Waals surface area contributed by atoms with Crippen LogP contribution in [0.2, 0.25) is 5.02 Å². The number of nitrogens with two attached hydrogens (primary N) is 1. The molecule has 0 aliphatic rings. The fourth-order valence-electron chi connectivity index (χ4n) is 1.30. The molecule has 3 heteroatoms. The minimum absolute atomic E-state index is 0.116. The van der Waals surface area contributed by atoms with Crippen molar-refractivity contribution < 1.29 is 5.11 Å². The van der Waals surface area contributed by atoms with E-state index in [1.807, 2.05) is 6.07 Å². The van der Waals surface area contributed by atoms with Gasteiger partial charge in [0.15, 0.2) is 0 Å². The lowest BCUT2D eigenvalue weighted by atomic mass is 10.00. The Bertz CT molecular complexity index is 372. The number of hydrogen-bond acceptors (Lipinski definition) is 2. The maximum Gasteiger partial charge on any atom is 0.141 e. The van der Waals surface area contributed by atoms with Crippen molar-refractivity contribution in [2.75, 3.05) is 6.54 Å². The highest BCUT2D eigenvalue weighted by Crippen LogP contribution is 2.32. The van der Waals surface area contributed by atoms with Gasteiger partial charge in [0.25, 0.3) is 0 Å². The molecule has 0 spiro atoms. The molecule has 1 aromatic carbocycles. The topological polar surface area (TPSA) is 46.2 Å². The summed E-state index contributed by atoms with van der Waals surface area (Å²) in [4.78, 5) is 0. The van der Waals surface area contributed by atoms with E-state index < -0.39 is 0 Å². The Labute approximate surface area is 95.4 Å². The summed E-state index contributed by atoms with van der Waals surface area (Å²) in [5.41, 5.74) is 7.19. The number of halogens is 1. The third kappa shape index (κ3) is 2.98. The second-order valence-electron chi connectivity index (χ2n) is 3.73. The lowest BCUT2D eigenvalue weighted by Gasteiger charge is -2.09. The van der Waals surface area contributed by atoms with Gasteiger partial charge >= 0.3 is 0 Å². The minimum Gasteiger partial charge on any atom is -0.506 e. The van der Waals surface area contributed by atoms with Gasteiger partial charge in [-0.15, -0.1) is 0 Å². The van der Waals surface area contributed by atoms with Crippen LogP contribution in [0.25, 0.3) is 6.08 Å². The van der Waals surface area contributed by atoms with Crippen molar-refractivity contribution in [2.24, 2.45) is 5.73 Å². The Morgan fingerprint density at radius 1 is 1.47 bits per heavy atom. The lowest BCUT2D eigenvalue weighted by molar-refractivity contribution is 0.474. The van der Waals surface area contributed by atoms with Crippen molar-refractivity contribution in [3.8, 4) is 5.75 Å². The monoisotopic (exact) mass is 225 g/mol. The van der Waals surface area contributed by atoms with E-state index in [2.05, 4.69) is 13.8 Å². The van der Waals surface area contributed by atoms with Crippen LogP contribution in [-0.4, -0.2) is 11.7 Å². The highest BCUT2D eigenvalue weighted by atomic mass is 35.5. The molecule has 82 valence electrons. The van der Waals surface area contributed by atoms with E-state index in [0.29, 0.717) is 17.5 Å². The molecular formula is C12H16ClNO. The molecule has 0 unspecified atom stereocenters. The molecule has 0 heterocycles. The predicted octanol–water partition coefficient (Wildman–Crippen LogP) is 3.14. The quantitative estimate of drug-likeness (QED) is 0.830. The Morgan fingerprint density at radius 2 is 2.13 bits per heavy atom. The van der Waals surface area contributed by atoms with Gasteiger partial charge in [0, 0.05) is 12.1 Å². The van der Waals surface area contributed by atoms with Crippen LogP contribution in [0.3, 0.4) is 0 Å². The van der Waals surface area contributed by atoms with E-state index in [1.165, 1.54) is 0 Å². The highest BCUT2D eigenvalue weighted by Gasteiger charge is 2.08. The van der Waals surface area contributed by atoms with Crippen LogP contribution in [0.5, 0.6) is 5.75 Å². The van der Waals surface area contributed by atoms with Crippen LogP contribution in [-0.2, 0) is 0 Å². The smallest absolute Gasteiger partial charge is 0.141 e. The number of phenolic OH excluding ortho intramolecular Hbond substituents is 1. The normalized spacial score (nSPS) is 11.5. The summed E-state index contributed by atoms with van der Waals surface area (Å²) in [6.45, 7) is 4.61. The van der Waals surface area contributed by atoms with E-state index in [4.69, 9.17) is 17.3 Å². The number of rotatable bonds is 3. The van der Waals surface area contributed by atoms with E-state index in [1.54, 1.807) is 18.2 Å². The van der Waals surface area contributed by atoms with Crippen molar-refractivity contribution in [1.82, 2.24) is 0 Å². The summed E-state index contributed by atoms with van der Waals surface area (Å²) in [5.74, 6) is 0.499. The molecule has 0 amide bonds. The largest absolute Gasteiger partial charge is 0.506 e. The summed E-state index contributed by atoms with van der Waals surface area (Å²) in [6.07, 6.45) is 3.57. The average Bonchev–Trinajstić information content (AvgIpc) is 2.19. The van der Waals surface area contributed by atoms with Gasteiger partial charge in [-0.1, -0.05) is 37.6 Å². The minimum atomic E-state index is 0.116.